The van der Waals surface area contributed by atoms with E-state index in [1.165, 1.54) is 25.7 Å². The van der Waals surface area contributed by atoms with Gasteiger partial charge in [-0.05, 0) is 44.9 Å². The van der Waals surface area contributed by atoms with Crippen molar-refractivity contribution >= 4 is 17.2 Å². The molecule has 0 spiro atoms. The van der Waals surface area contributed by atoms with Gasteiger partial charge in [-0.15, -0.1) is 11.3 Å². The highest BCUT2D eigenvalue weighted by molar-refractivity contribution is 7.13. The van der Waals surface area contributed by atoms with E-state index in [-0.39, 0.29) is 12.0 Å². The maximum atomic E-state index is 12.4. The fourth-order valence-electron chi connectivity index (χ4n) is 3.74. The third kappa shape index (κ3) is 3.69. The van der Waals surface area contributed by atoms with Crippen LogP contribution >= 0.6 is 11.3 Å². The summed E-state index contributed by atoms with van der Waals surface area (Å²) in [6, 6.07) is 0. The summed E-state index contributed by atoms with van der Waals surface area (Å²) < 4.78 is 0. The lowest BCUT2D eigenvalue weighted by atomic mass is 9.87. The van der Waals surface area contributed by atoms with Gasteiger partial charge < -0.3 is 10.4 Å². The summed E-state index contributed by atoms with van der Waals surface area (Å²) in [6.45, 7) is 2.61. The van der Waals surface area contributed by atoms with Crippen molar-refractivity contribution < 1.29 is 9.90 Å². The highest BCUT2D eigenvalue weighted by Gasteiger charge is 2.25. The van der Waals surface area contributed by atoms with Gasteiger partial charge in [0.05, 0.1) is 16.8 Å². The number of carbonyl (C=O) groups is 1. The molecule has 2 aliphatic carbocycles. The van der Waals surface area contributed by atoms with E-state index in [2.05, 4.69) is 10.3 Å². The first-order valence-electron chi connectivity index (χ1n) is 8.57. The smallest absolute Gasteiger partial charge is 0.263 e. The molecule has 2 fully saturated rings. The topological polar surface area (TPSA) is 62.2 Å². The molecule has 3 rings (SSSR count). The Morgan fingerprint density at radius 2 is 2.05 bits per heavy atom. The lowest BCUT2D eigenvalue weighted by Gasteiger charge is -2.25. The van der Waals surface area contributed by atoms with Crippen LogP contribution in [0.3, 0.4) is 0 Å². The normalized spacial score (nSPS) is 26.3. The third-order valence-corrected chi connectivity index (χ3v) is 6.35. The van der Waals surface area contributed by atoms with Crippen LogP contribution in [-0.4, -0.2) is 28.6 Å². The Morgan fingerprint density at radius 1 is 1.27 bits per heavy atom. The van der Waals surface area contributed by atoms with Gasteiger partial charge in [-0.25, -0.2) is 4.98 Å². The molecule has 0 radical (unpaired) electrons. The Bertz CT molecular complexity index is 523. The minimum Gasteiger partial charge on any atom is -0.393 e. The van der Waals surface area contributed by atoms with Crippen LogP contribution < -0.4 is 5.32 Å². The molecule has 5 heteroatoms. The standard InChI is InChI=1S/C17H26N2O2S/c1-11-15(22-17(19-11)13-6-2-3-7-13)16(21)18-10-12-5-4-8-14(20)9-12/h12-14,20H,2-10H2,1H3,(H,18,21). The van der Waals surface area contributed by atoms with Gasteiger partial charge in [0.15, 0.2) is 0 Å². The largest absolute Gasteiger partial charge is 0.393 e. The van der Waals surface area contributed by atoms with Crippen LogP contribution in [0.15, 0.2) is 0 Å². The zero-order chi connectivity index (χ0) is 15.5. The van der Waals surface area contributed by atoms with E-state index in [1.807, 2.05) is 6.92 Å². The molecule has 22 heavy (non-hydrogen) atoms. The number of nitrogens with one attached hydrogen (secondary N) is 1. The van der Waals surface area contributed by atoms with Crippen LogP contribution in [0.4, 0.5) is 0 Å². The van der Waals surface area contributed by atoms with Gasteiger partial charge in [0, 0.05) is 12.5 Å². The number of amides is 1. The zero-order valence-electron chi connectivity index (χ0n) is 13.3. The maximum absolute atomic E-state index is 12.4. The summed E-state index contributed by atoms with van der Waals surface area (Å²) in [5.74, 6) is 0.994. The molecular formula is C17H26N2O2S. The molecule has 0 saturated heterocycles. The number of hydrogen-bond donors (Lipinski definition) is 2. The molecule has 4 nitrogen and oxygen atoms in total. The van der Waals surface area contributed by atoms with Crippen molar-refractivity contribution in [2.24, 2.45) is 5.92 Å². The molecule has 2 saturated carbocycles. The van der Waals surface area contributed by atoms with Crippen LogP contribution in [0.1, 0.15) is 77.7 Å². The summed E-state index contributed by atoms with van der Waals surface area (Å²) in [4.78, 5) is 17.8. The fourth-order valence-corrected chi connectivity index (χ4v) is 4.89. The van der Waals surface area contributed by atoms with E-state index in [0.29, 0.717) is 18.4 Å². The Morgan fingerprint density at radius 3 is 2.77 bits per heavy atom. The molecule has 2 aliphatic rings. The van der Waals surface area contributed by atoms with Crippen molar-refractivity contribution in [2.45, 2.75) is 70.3 Å². The van der Waals surface area contributed by atoms with Crippen molar-refractivity contribution in [3.8, 4) is 0 Å². The number of aliphatic hydroxyl groups is 1. The van der Waals surface area contributed by atoms with Gasteiger partial charge in [0.2, 0.25) is 0 Å². The van der Waals surface area contributed by atoms with Crippen molar-refractivity contribution in [3.63, 3.8) is 0 Å². The number of thiazole rings is 1. The summed E-state index contributed by atoms with van der Waals surface area (Å²) in [7, 11) is 0. The van der Waals surface area contributed by atoms with E-state index < -0.39 is 0 Å². The van der Waals surface area contributed by atoms with Crippen molar-refractivity contribution in [3.05, 3.63) is 15.6 Å². The minimum atomic E-state index is -0.185. The third-order valence-electron chi connectivity index (χ3n) is 5.03. The number of carbonyl (C=O) groups excluding carboxylic acids is 1. The quantitative estimate of drug-likeness (QED) is 0.893. The number of nitrogens with zero attached hydrogens (tertiary/aromatic N) is 1. The second-order valence-corrected chi connectivity index (χ2v) is 7.88. The predicted octanol–water partition coefficient (Wildman–Crippen LogP) is 3.39. The Balaban J connectivity index is 1.57. The molecule has 0 aromatic carbocycles. The minimum absolute atomic E-state index is 0.0133. The molecule has 2 N–H and O–H groups in total. The molecular weight excluding hydrogens is 296 g/mol. The highest BCUT2D eigenvalue weighted by atomic mass is 32.1. The lowest BCUT2D eigenvalue weighted by Crippen LogP contribution is -2.32. The van der Waals surface area contributed by atoms with Crippen LogP contribution in [0.5, 0.6) is 0 Å². The van der Waals surface area contributed by atoms with Gasteiger partial charge in [0.1, 0.15) is 4.88 Å². The molecule has 1 amide bonds. The van der Waals surface area contributed by atoms with Crippen LogP contribution in [0, 0.1) is 12.8 Å². The second-order valence-electron chi connectivity index (χ2n) is 6.84. The Kier molecular flexibility index (Phi) is 5.14. The molecule has 0 bridgehead atoms. The van der Waals surface area contributed by atoms with Crippen molar-refractivity contribution in [1.29, 1.82) is 0 Å². The average Bonchev–Trinajstić information content (AvgIpc) is 3.14. The van der Waals surface area contributed by atoms with Crippen molar-refractivity contribution in [2.75, 3.05) is 6.54 Å². The first kappa shape index (κ1) is 15.9. The van der Waals surface area contributed by atoms with E-state index in [0.717, 1.165) is 41.3 Å². The number of aliphatic hydroxyl groups excluding tert-OH is 1. The summed E-state index contributed by atoms with van der Waals surface area (Å²) >= 11 is 1.58. The number of hydrogen-bond acceptors (Lipinski definition) is 4. The first-order valence-corrected chi connectivity index (χ1v) is 9.38. The fraction of sp³-hybridized carbons (Fsp3) is 0.765. The van der Waals surface area contributed by atoms with E-state index in [1.54, 1.807) is 11.3 Å². The predicted molar refractivity (Wildman–Crippen MR) is 88.4 cm³/mol. The number of rotatable bonds is 4. The van der Waals surface area contributed by atoms with E-state index >= 15 is 0 Å². The van der Waals surface area contributed by atoms with Gasteiger partial charge in [-0.3, -0.25) is 4.79 Å². The van der Waals surface area contributed by atoms with Crippen LogP contribution in [0.25, 0.3) is 0 Å². The molecule has 2 unspecified atom stereocenters. The Hall–Kier alpha value is -0.940. The van der Waals surface area contributed by atoms with E-state index in [9.17, 15) is 9.90 Å². The monoisotopic (exact) mass is 322 g/mol. The summed E-state index contributed by atoms with van der Waals surface area (Å²) in [5.41, 5.74) is 0.869. The summed E-state index contributed by atoms with van der Waals surface area (Å²) in [6.07, 6.45) is 8.71. The van der Waals surface area contributed by atoms with Gasteiger partial charge >= 0.3 is 0 Å². The van der Waals surface area contributed by atoms with Gasteiger partial charge in [-0.1, -0.05) is 19.3 Å². The SMILES string of the molecule is Cc1nc(C2CCCC2)sc1C(=O)NCC1CCCC(O)C1. The second kappa shape index (κ2) is 7.09. The van der Waals surface area contributed by atoms with Gasteiger partial charge in [-0.2, -0.15) is 0 Å². The van der Waals surface area contributed by atoms with Gasteiger partial charge in [0.25, 0.3) is 5.91 Å². The zero-order valence-corrected chi connectivity index (χ0v) is 14.1. The molecule has 1 heterocycles. The van der Waals surface area contributed by atoms with E-state index in [4.69, 9.17) is 0 Å². The molecule has 122 valence electrons. The molecule has 0 aliphatic heterocycles. The van der Waals surface area contributed by atoms with Crippen LogP contribution in [-0.2, 0) is 0 Å². The first-order chi connectivity index (χ1) is 10.6. The molecule has 1 aromatic heterocycles. The lowest BCUT2D eigenvalue weighted by molar-refractivity contribution is 0.0876. The average molecular weight is 322 g/mol. The molecule has 2 atom stereocenters. The molecule has 1 aromatic rings. The Labute approximate surface area is 136 Å². The van der Waals surface area contributed by atoms with Crippen LogP contribution in [0.2, 0.25) is 0 Å². The van der Waals surface area contributed by atoms with Crippen molar-refractivity contribution in [1.82, 2.24) is 10.3 Å². The number of aryl methyl sites for hydroxylation is 1. The highest BCUT2D eigenvalue weighted by Crippen LogP contribution is 2.37. The maximum Gasteiger partial charge on any atom is 0.263 e. The summed E-state index contributed by atoms with van der Waals surface area (Å²) in [5, 5.41) is 13.9. The number of aromatic nitrogens is 1.